The molecule has 0 bridgehead atoms. The number of aliphatic hydroxyl groups is 1. The molecule has 7 aliphatic rings. The van der Waals surface area contributed by atoms with Crippen LogP contribution in [0, 0.1) is 46.3 Å². The first-order chi connectivity index (χ1) is 16.8. The highest BCUT2D eigenvalue weighted by Gasteiger charge is 2.72. The monoisotopic (exact) mass is 478 g/mol. The topological polar surface area (TPSA) is 57.2 Å². The summed E-state index contributed by atoms with van der Waals surface area (Å²) in [6.45, 7) is 7.33. The molecule has 7 rings (SSSR count). The van der Waals surface area contributed by atoms with Gasteiger partial charge in [-0.15, -0.1) is 0 Å². The SMILES string of the molecule is C[C@]12CCC3(CC1=CC[C@H]1[C@@H]4CCC5(OCCO5)[C@@]4(C)C[C@@](O)(C#CC4C=CC=C4)[C@@H]12)OCCO3. The average molecular weight is 479 g/mol. The molecule has 5 fully saturated rings. The Kier molecular flexibility index (Phi) is 4.91. The van der Waals surface area contributed by atoms with Crippen molar-refractivity contribution in [3.63, 3.8) is 0 Å². The summed E-state index contributed by atoms with van der Waals surface area (Å²) in [5.74, 6) is 6.84. The highest BCUT2D eigenvalue weighted by atomic mass is 16.7. The quantitative estimate of drug-likeness (QED) is 0.410. The smallest absolute Gasteiger partial charge is 0.174 e. The molecule has 5 heteroatoms. The highest BCUT2D eigenvalue weighted by molar-refractivity contribution is 5.37. The van der Waals surface area contributed by atoms with Gasteiger partial charge in [0.15, 0.2) is 11.6 Å². The molecule has 0 aromatic carbocycles. The maximum Gasteiger partial charge on any atom is 0.174 e. The van der Waals surface area contributed by atoms with Crippen molar-refractivity contribution in [2.24, 2.45) is 34.5 Å². The van der Waals surface area contributed by atoms with Gasteiger partial charge in [-0.2, -0.15) is 0 Å². The zero-order valence-electron chi connectivity index (χ0n) is 21.1. The Morgan fingerprint density at radius 3 is 2.40 bits per heavy atom. The lowest BCUT2D eigenvalue weighted by Gasteiger charge is -2.63. The van der Waals surface area contributed by atoms with Gasteiger partial charge in [0.1, 0.15) is 5.60 Å². The second-order valence-corrected chi connectivity index (χ2v) is 12.5. The molecule has 0 amide bonds. The van der Waals surface area contributed by atoms with Gasteiger partial charge in [0, 0.05) is 30.6 Å². The molecule has 3 saturated carbocycles. The van der Waals surface area contributed by atoms with Crippen molar-refractivity contribution in [2.45, 2.75) is 76.0 Å². The summed E-state index contributed by atoms with van der Waals surface area (Å²) in [5.41, 5.74) is -0.0892. The molecule has 2 heterocycles. The van der Waals surface area contributed by atoms with E-state index < -0.39 is 17.2 Å². The Balaban J connectivity index is 1.33. The third kappa shape index (κ3) is 3.07. The van der Waals surface area contributed by atoms with E-state index in [1.807, 2.05) is 12.2 Å². The van der Waals surface area contributed by atoms with Gasteiger partial charge in [-0.25, -0.2) is 0 Å². The Hall–Kier alpha value is -1.42. The number of hydrogen-bond donors (Lipinski definition) is 1. The van der Waals surface area contributed by atoms with Crippen LogP contribution < -0.4 is 0 Å². The maximum atomic E-state index is 12.7. The molecule has 0 unspecified atom stereocenters. The molecule has 1 N–H and O–H groups in total. The van der Waals surface area contributed by atoms with Crippen LogP contribution >= 0.6 is 0 Å². The molecule has 5 nitrogen and oxygen atoms in total. The normalized spacial score (nSPS) is 46.8. The summed E-state index contributed by atoms with van der Waals surface area (Å²) in [5, 5.41) is 12.7. The van der Waals surface area contributed by atoms with Gasteiger partial charge >= 0.3 is 0 Å². The van der Waals surface area contributed by atoms with Crippen LogP contribution in [0.15, 0.2) is 36.0 Å². The number of ether oxygens (including phenoxy) is 4. The van der Waals surface area contributed by atoms with Crippen LogP contribution in [0.4, 0.5) is 0 Å². The van der Waals surface area contributed by atoms with E-state index in [4.69, 9.17) is 18.9 Å². The van der Waals surface area contributed by atoms with E-state index in [9.17, 15) is 5.11 Å². The van der Waals surface area contributed by atoms with E-state index in [2.05, 4.69) is 43.9 Å². The van der Waals surface area contributed by atoms with Crippen molar-refractivity contribution >= 4 is 0 Å². The van der Waals surface area contributed by atoms with E-state index >= 15 is 0 Å². The van der Waals surface area contributed by atoms with E-state index in [0.29, 0.717) is 44.7 Å². The Morgan fingerprint density at radius 2 is 1.66 bits per heavy atom. The summed E-state index contributed by atoms with van der Waals surface area (Å²) in [6.07, 6.45) is 17.0. The fraction of sp³-hybridized carbons (Fsp3) is 0.733. The van der Waals surface area contributed by atoms with Crippen LogP contribution in [0.1, 0.15) is 58.8 Å². The average Bonchev–Trinajstić information content (AvgIpc) is 3.63. The molecule has 6 atom stereocenters. The number of allylic oxidation sites excluding steroid dienone is 5. The lowest BCUT2D eigenvalue weighted by molar-refractivity contribution is -0.268. The zero-order valence-corrected chi connectivity index (χ0v) is 21.1. The van der Waals surface area contributed by atoms with Gasteiger partial charge in [0.05, 0.1) is 32.3 Å². The lowest BCUT2D eigenvalue weighted by Crippen LogP contribution is -2.65. The van der Waals surface area contributed by atoms with Gasteiger partial charge in [0.2, 0.25) is 0 Å². The van der Waals surface area contributed by atoms with Crippen LogP contribution in [-0.2, 0) is 18.9 Å². The molecule has 0 aromatic heterocycles. The van der Waals surface area contributed by atoms with Crippen molar-refractivity contribution in [1.82, 2.24) is 0 Å². The Bertz CT molecular complexity index is 1040. The summed E-state index contributed by atoms with van der Waals surface area (Å²) in [7, 11) is 0. The van der Waals surface area contributed by atoms with Crippen molar-refractivity contribution in [2.75, 3.05) is 26.4 Å². The molecular weight excluding hydrogens is 440 g/mol. The number of rotatable bonds is 0. The van der Waals surface area contributed by atoms with Crippen molar-refractivity contribution in [3.8, 4) is 11.8 Å². The number of hydrogen-bond acceptors (Lipinski definition) is 5. The molecule has 5 aliphatic carbocycles. The molecule has 2 saturated heterocycles. The third-order valence-electron chi connectivity index (χ3n) is 10.9. The molecule has 0 aromatic rings. The van der Waals surface area contributed by atoms with Gasteiger partial charge in [-0.05, 0) is 42.9 Å². The molecule has 2 spiro atoms. The fourth-order valence-electron chi connectivity index (χ4n) is 9.40. The van der Waals surface area contributed by atoms with E-state index in [0.717, 1.165) is 38.5 Å². The predicted octanol–water partition coefficient (Wildman–Crippen LogP) is 4.52. The van der Waals surface area contributed by atoms with Gasteiger partial charge < -0.3 is 24.1 Å². The van der Waals surface area contributed by atoms with E-state index in [1.54, 1.807) is 0 Å². The largest absolute Gasteiger partial charge is 0.377 e. The zero-order chi connectivity index (χ0) is 23.9. The van der Waals surface area contributed by atoms with Crippen LogP contribution in [0.5, 0.6) is 0 Å². The van der Waals surface area contributed by atoms with Crippen molar-refractivity contribution in [3.05, 3.63) is 36.0 Å². The summed E-state index contributed by atoms with van der Waals surface area (Å²) in [4.78, 5) is 0. The first-order valence-corrected chi connectivity index (χ1v) is 13.7. The number of fused-ring (bicyclic) bond motifs is 6. The van der Waals surface area contributed by atoms with Crippen molar-refractivity contribution < 1.29 is 24.1 Å². The minimum Gasteiger partial charge on any atom is -0.377 e. The van der Waals surface area contributed by atoms with Gasteiger partial charge in [0.25, 0.3) is 0 Å². The molecule has 35 heavy (non-hydrogen) atoms. The molecule has 2 aliphatic heterocycles. The Labute approximate surface area is 208 Å². The summed E-state index contributed by atoms with van der Waals surface area (Å²) in [6, 6.07) is 0. The van der Waals surface area contributed by atoms with Crippen LogP contribution in [0.2, 0.25) is 0 Å². The maximum absolute atomic E-state index is 12.7. The first-order valence-electron chi connectivity index (χ1n) is 13.7. The Morgan fingerprint density at radius 1 is 0.943 bits per heavy atom. The first kappa shape index (κ1) is 22.8. The van der Waals surface area contributed by atoms with Crippen LogP contribution in [-0.4, -0.2) is 48.7 Å². The molecule has 188 valence electrons. The van der Waals surface area contributed by atoms with E-state index in [1.165, 1.54) is 5.57 Å². The fourth-order valence-corrected chi connectivity index (χ4v) is 9.40. The standard InChI is InChI=1S/C30H38O5/c1-26-13-14-29(32-15-16-33-29)19-22(26)7-8-23-24-10-12-30(34-17-18-35-30)27(24,2)20-28(31,25(23)26)11-9-21-5-3-4-6-21/h3-7,21,23-25,31H,8,10,12-20H2,1-2H3/t23-,24-,25-,26-,27-,28-/m0/s1. The second-order valence-electron chi connectivity index (χ2n) is 12.5. The van der Waals surface area contributed by atoms with Gasteiger partial charge in [-0.1, -0.05) is 61.6 Å². The van der Waals surface area contributed by atoms with Crippen LogP contribution in [0.3, 0.4) is 0 Å². The molecule has 0 radical (unpaired) electrons. The van der Waals surface area contributed by atoms with E-state index in [-0.39, 0.29) is 22.7 Å². The van der Waals surface area contributed by atoms with Crippen LogP contribution in [0.25, 0.3) is 0 Å². The summed E-state index contributed by atoms with van der Waals surface area (Å²) >= 11 is 0. The molecular formula is C30H38O5. The summed E-state index contributed by atoms with van der Waals surface area (Å²) < 4.78 is 25.0. The highest BCUT2D eigenvalue weighted by Crippen LogP contribution is 2.71. The predicted molar refractivity (Wildman–Crippen MR) is 131 cm³/mol. The second kappa shape index (κ2) is 7.55. The van der Waals surface area contributed by atoms with Gasteiger partial charge in [-0.3, -0.25) is 0 Å². The minimum atomic E-state index is -1.11. The third-order valence-corrected chi connectivity index (χ3v) is 10.9. The van der Waals surface area contributed by atoms with Crippen molar-refractivity contribution in [1.29, 1.82) is 0 Å². The lowest BCUT2D eigenvalue weighted by atomic mass is 9.43. The minimum absolute atomic E-state index is 0.0702.